The summed E-state index contributed by atoms with van der Waals surface area (Å²) in [6.45, 7) is 0.934. The summed E-state index contributed by atoms with van der Waals surface area (Å²) >= 11 is 0. The molecular weight excluding hydrogens is 238 g/mol. The Kier molecular flexibility index (Phi) is 4.40. The average molecular weight is 257 g/mol. The van der Waals surface area contributed by atoms with Crippen molar-refractivity contribution in [2.24, 2.45) is 0 Å². The van der Waals surface area contributed by atoms with Gasteiger partial charge in [0, 0.05) is 25.3 Å². The van der Waals surface area contributed by atoms with Gasteiger partial charge in [-0.05, 0) is 25.0 Å². The highest BCUT2D eigenvalue weighted by molar-refractivity contribution is 5.81. The van der Waals surface area contributed by atoms with Crippen LogP contribution in [0, 0.1) is 11.3 Å². The fraction of sp³-hybridized carbons (Fsp3) is 0.467. The number of carbonyl (C=O) groups is 1. The van der Waals surface area contributed by atoms with E-state index in [2.05, 4.69) is 6.07 Å². The van der Waals surface area contributed by atoms with Crippen LogP contribution in [0.5, 0.6) is 0 Å². The minimum absolute atomic E-state index is 0.129. The van der Waals surface area contributed by atoms with Gasteiger partial charge in [0.05, 0.1) is 19.0 Å². The van der Waals surface area contributed by atoms with E-state index in [-0.39, 0.29) is 5.91 Å². The first kappa shape index (κ1) is 13.4. The minimum Gasteiger partial charge on any atom is -0.361 e. The second-order valence-electron chi connectivity index (χ2n) is 4.90. The van der Waals surface area contributed by atoms with Crippen LogP contribution in [0.1, 0.15) is 19.3 Å². The first-order valence-electron chi connectivity index (χ1n) is 6.65. The Hall–Kier alpha value is -2.02. The van der Waals surface area contributed by atoms with E-state index in [1.165, 1.54) is 0 Å². The Morgan fingerprint density at radius 2 is 2.05 bits per heavy atom. The number of rotatable bonds is 6. The number of nitriles is 1. The topological polar surface area (TPSA) is 47.3 Å². The summed E-state index contributed by atoms with van der Waals surface area (Å²) in [5, 5.41) is 8.73. The van der Waals surface area contributed by atoms with Crippen LogP contribution in [-0.4, -0.2) is 37.0 Å². The van der Waals surface area contributed by atoms with Gasteiger partial charge in [0.1, 0.15) is 0 Å². The van der Waals surface area contributed by atoms with E-state index in [4.69, 9.17) is 5.26 Å². The average Bonchev–Trinajstić information content (AvgIpc) is 3.28. The maximum Gasteiger partial charge on any atom is 0.242 e. The van der Waals surface area contributed by atoms with E-state index in [0.717, 1.165) is 18.5 Å². The minimum atomic E-state index is 0.129. The first-order chi connectivity index (χ1) is 9.22. The van der Waals surface area contributed by atoms with Crippen LogP contribution < -0.4 is 4.90 Å². The van der Waals surface area contributed by atoms with Gasteiger partial charge in [0.15, 0.2) is 0 Å². The van der Waals surface area contributed by atoms with Crippen LogP contribution in [0.4, 0.5) is 5.69 Å². The van der Waals surface area contributed by atoms with Gasteiger partial charge in [-0.25, -0.2) is 0 Å². The van der Waals surface area contributed by atoms with Crippen molar-refractivity contribution in [3.8, 4) is 6.07 Å². The lowest BCUT2D eigenvalue weighted by Gasteiger charge is -2.26. The Balaban J connectivity index is 2.01. The van der Waals surface area contributed by atoms with Crippen molar-refractivity contribution in [3.05, 3.63) is 30.3 Å². The number of benzene rings is 1. The third kappa shape index (κ3) is 3.72. The summed E-state index contributed by atoms with van der Waals surface area (Å²) < 4.78 is 0. The largest absolute Gasteiger partial charge is 0.361 e. The van der Waals surface area contributed by atoms with Gasteiger partial charge in [-0.15, -0.1) is 0 Å². The summed E-state index contributed by atoms with van der Waals surface area (Å²) in [6, 6.07) is 12.4. The lowest BCUT2D eigenvalue weighted by Crippen LogP contribution is -2.39. The molecule has 1 saturated carbocycles. The third-order valence-corrected chi connectivity index (χ3v) is 3.43. The molecule has 0 saturated heterocycles. The number of nitrogens with zero attached hydrogens (tertiary/aromatic N) is 3. The quantitative estimate of drug-likeness (QED) is 0.783. The summed E-state index contributed by atoms with van der Waals surface area (Å²) in [7, 11) is 1.87. The van der Waals surface area contributed by atoms with E-state index in [1.807, 2.05) is 47.2 Å². The Labute approximate surface area is 114 Å². The summed E-state index contributed by atoms with van der Waals surface area (Å²) in [6.07, 6.45) is 2.66. The fourth-order valence-electron chi connectivity index (χ4n) is 2.06. The fourth-order valence-corrected chi connectivity index (χ4v) is 2.06. The van der Waals surface area contributed by atoms with Crippen molar-refractivity contribution in [1.82, 2.24) is 4.90 Å². The molecule has 1 aliphatic carbocycles. The molecule has 4 heteroatoms. The van der Waals surface area contributed by atoms with Gasteiger partial charge < -0.3 is 9.80 Å². The molecule has 0 unspecified atom stereocenters. The molecule has 0 spiro atoms. The standard InChI is InChI=1S/C15H19N3O/c1-17(13-8-9-13)15(19)12-18(11-5-10-16)14-6-3-2-4-7-14/h2-4,6-7,13H,5,8-9,11-12H2,1H3. The summed E-state index contributed by atoms with van der Waals surface area (Å²) in [5.41, 5.74) is 0.996. The van der Waals surface area contributed by atoms with Gasteiger partial charge >= 0.3 is 0 Å². The van der Waals surface area contributed by atoms with E-state index < -0.39 is 0 Å². The predicted molar refractivity (Wildman–Crippen MR) is 74.7 cm³/mol. The molecule has 4 nitrogen and oxygen atoms in total. The summed E-state index contributed by atoms with van der Waals surface area (Å²) in [4.78, 5) is 16.0. The zero-order chi connectivity index (χ0) is 13.7. The molecule has 0 atom stereocenters. The molecule has 1 aromatic rings. The first-order valence-corrected chi connectivity index (χ1v) is 6.65. The molecule has 1 fully saturated rings. The van der Waals surface area contributed by atoms with Crippen molar-refractivity contribution in [3.63, 3.8) is 0 Å². The maximum absolute atomic E-state index is 12.2. The highest BCUT2D eigenvalue weighted by Crippen LogP contribution is 2.25. The van der Waals surface area contributed by atoms with Crippen molar-refractivity contribution < 1.29 is 4.79 Å². The number of hydrogen-bond acceptors (Lipinski definition) is 3. The number of hydrogen-bond donors (Lipinski definition) is 0. The van der Waals surface area contributed by atoms with E-state index in [1.54, 1.807) is 0 Å². The Bertz CT molecular complexity index is 462. The zero-order valence-corrected chi connectivity index (χ0v) is 11.2. The highest BCUT2D eigenvalue weighted by atomic mass is 16.2. The monoisotopic (exact) mass is 257 g/mol. The lowest BCUT2D eigenvalue weighted by molar-refractivity contribution is -0.128. The molecule has 100 valence electrons. The molecule has 19 heavy (non-hydrogen) atoms. The number of anilines is 1. The molecule has 1 aliphatic rings. The lowest BCUT2D eigenvalue weighted by atomic mass is 10.2. The van der Waals surface area contributed by atoms with Crippen molar-refractivity contribution in [1.29, 1.82) is 5.26 Å². The highest BCUT2D eigenvalue weighted by Gasteiger charge is 2.30. The van der Waals surface area contributed by atoms with Gasteiger partial charge in [-0.1, -0.05) is 18.2 Å². The SMILES string of the molecule is CN(C(=O)CN(CCC#N)c1ccccc1)C1CC1. The third-order valence-electron chi connectivity index (χ3n) is 3.43. The van der Waals surface area contributed by atoms with Gasteiger partial charge in [0.25, 0.3) is 0 Å². The normalized spacial score (nSPS) is 13.7. The second-order valence-corrected chi connectivity index (χ2v) is 4.90. The summed E-state index contributed by atoms with van der Waals surface area (Å²) in [5.74, 6) is 0.129. The number of para-hydroxylation sites is 1. The van der Waals surface area contributed by atoms with E-state index in [9.17, 15) is 4.79 Å². The molecule has 0 bridgehead atoms. The number of likely N-dealkylation sites (N-methyl/N-ethyl adjacent to an activating group) is 1. The molecule has 2 rings (SSSR count). The smallest absolute Gasteiger partial charge is 0.242 e. The molecule has 0 aromatic heterocycles. The van der Waals surface area contributed by atoms with E-state index in [0.29, 0.717) is 25.6 Å². The number of amides is 1. The van der Waals surface area contributed by atoms with Crippen LogP contribution >= 0.6 is 0 Å². The van der Waals surface area contributed by atoms with Crippen LogP contribution in [-0.2, 0) is 4.79 Å². The molecule has 0 radical (unpaired) electrons. The van der Waals surface area contributed by atoms with E-state index >= 15 is 0 Å². The number of carbonyl (C=O) groups excluding carboxylic acids is 1. The van der Waals surface area contributed by atoms with Gasteiger partial charge in [-0.2, -0.15) is 5.26 Å². The van der Waals surface area contributed by atoms with Crippen LogP contribution in [0.25, 0.3) is 0 Å². The van der Waals surface area contributed by atoms with Crippen LogP contribution in [0.3, 0.4) is 0 Å². The molecule has 1 amide bonds. The van der Waals surface area contributed by atoms with Gasteiger partial charge in [0.2, 0.25) is 5.91 Å². The Morgan fingerprint density at radius 3 is 2.63 bits per heavy atom. The maximum atomic E-state index is 12.2. The molecular formula is C15H19N3O. The van der Waals surface area contributed by atoms with Crippen molar-refractivity contribution >= 4 is 11.6 Å². The zero-order valence-electron chi connectivity index (χ0n) is 11.2. The van der Waals surface area contributed by atoms with Gasteiger partial charge in [-0.3, -0.25) is 4.79 Å². The van der Waals surface area contributed by atoms with Crippen molar-refractivity contribution in [2.45, 2.75) is 25.3 Å². The predicted octanol–water partition coefficient (Wildman–Crippen LogP) is 2.03. The molecule has 0 heterocycles. The second kappa shape index (κ2) is 6.24. The van der Waals surface area contributed by atoms with Crippen LogP contribution in [0.2, 0.25) is 0 Å². The molecule has 1 aromatic carbocycles. The van der Waals surface area contributed by atoms with Crippen LogP contribution in [0.15, 0.2) is 30.3 Å². The molecule has 0 aliphatic heterocycles. The molecule has 0 N–H and O–H groups in total. The van der Waals surface area contributed by atoms with Crippen molar-refractivity contribution in [2.75, 3.05) is 25.0 Å². The Morgan fingerprint density at radius 1 is 1.37 bits per heavy atom.